The normalized spacial score (nSPS) is 17.1. The smallest absolute Gasteiger partial charge is 0.332 e. The van der Waals surface area contributed by atoms with E-state index in [9.17, 15) is 27.2 Å². The predicted octanol–water partition coefficient (Wildman–Crippen LogP) is 3.97. The van der Waals surface area contributed by atoms with Gasteiger partial charge >= 0.3 is 6.18 Å². The molecule has 0 aliphatic carbocycles. The first kappa shape index (κ1) is 18.6. The zero-order valence-corrected chi connectivity index (χ0v) is 13.8. The fourth-order valence-corrected chi connectivity index (χ4v) is 2.86. The van der Waals surface area contributed by atoms with Gasteiger partial charge in [-0.3, -0.25) is 9.59 Å². The van der Waals surface area contributed by atoms with E-state index in [-0.39, 0.29) is 23.6 Å². The summed E-state index contributed by atoms with van der Waals surface area (Å²) in [6, 6.07) is 9.86. The Hall–Kier alpha value is -3.16. The molecular formula is C19H14F4N2O2. The minimum absolute atomic E-state index is 0.0776. The Kier molecular flexibility index (Phi) is 4.98. The third kappa shape index (κ3) is 4.16. The summed E-state index contributed by atoms with van der Waals surface area (Å²) in [4.78, 5) is 24.3. The monoisotopic (exact) mass is 378 g/mol. The van der Waals surface area contributed by atoms with Crippen molar-refractivity contribution in [1.29, 1.82) is 0 Å². The lowest BCUT2D eigenvalue weighted by atomic mass is 9.86. The third-order valence-electron chi connectivity index (χ3n) is 4.17. The molecule has 2 aromatic rings. The number of hydrogen-bond acceptors (Lipinski definition) is 2. The van der Waals surface area contributed by atoms with Gasteiger partial charge in [-0.2, -0.15) is 13.2 Å². The summed E-state index contributed by atoms with van der Waals surface area (Å²) < 4.78 is 52.5. The molecule has 0 spiro atoms. The Morgan fingerprint density at radius 2 is 1.74 bits per heavy atom. The fraction of sp³-hybridized carbons (Fsp3) is 0.158. The maximum atomic E-state index is 13.2. The lowest BCUT2D eigenvalue weighted by Gasteiger charge is -2.24. The Balaban J connectivity index is 1.91. The molecule has 0 fully saturated rings. The molecular weight excluding hydrogens is 364 g/mol. The molecule has 1 aliphatic rings. The van der Waals surface area contributed by atoms with E-state index in [0.717, 1.165) is 12.1 Å². The molecule has 1 atom stereocenters. The van der Waals surface area contributed by atoms with Crippen LogP contribution in [0.5, 0.6) is 0 Å². The number of hydrogen-bond donors (Lipinski definition) is 2. The first-order chi connectivity index (χ1) is 12.8. The van der Waals surface area contributed by atoms with Gasteiger partial charge in [0.1, 0.15) is 5.82 Å². The third-order valence-corrected chi connectivity index (χ3v) is 4.17. The number of carbonyl (C=O) groups excluding carboxylic acids is 2. The van der Waals surface area contributed by atoms with E-state index in [1.165, 1.54) is 42.6 Å². The van der Waals surface area contributed by atoms with Crippen molar-refractivity contribution >= 4 is 17.5 Å². The second-order valence-corrected chi connectivity index (χ2v) is 5.97. The number of rotatable bonds is 3. The lowest BCUT2D eigenvalue weighted by Crippen LogP contribution is -2.32. The molecule has 140 valence electrons. The Bertz CT molecular complexity index is 905. The zero-order chi connectivity index (χ0) is 19.6. The molecule has 0 unspecified atom stereocenters. The summed E-state index contributed by atoms with van der Waals surface area (Å²) in [5.74, 6) is -2.30. The van der Waals surface area contributed by atoms with E-state index < -0.39 is 29.4 Å². The standard InChI is InChI=1S/C19H14F4N2O2/c20-12-7-5-11(6-8-12)13-9-17(26)24-10-14(13)18(27)25-16-4-2-1-3-15(16)19(21,22)23/h1-8,10,13H,9H2,(H,24,26)(H,25,27)/t13-/m0/s1. The summed E-state index contributed by atoms with van der Waals surface area (Å²) >= 11 is 0. The van der Waals surface area contributed by atoms with Gasteiger partial charge in [-0.05, 0) is 29.8 Å². The SMILES string of the molecule is O=C1C[C@@H](c2ccc(F)cc2)C(C(=O)Nc2ccccc2C(F)(F)F)=CN1. The highest BCUT2D eigenvalue weighted by atomic mass is 19.4. The number of carbonyl (C=O) groups is 2. The molecule has 1 aliphatic heterocycles. The average molecular weight is 378 g/mol. The van der Waals surface area contributed by atoms with Crippen molar-refractivity contribution in [3.05, 3.63) is 77.2 Å². The molecule has 2 amide bonds. The summed E-state index contributed by atoms with van der Waals surface area (Å²) in [5.41, 5.74) is -0.766. The van der Waals surface area contributed by atoms with Crippen molar-refractivity contribution in [2.24, 2.45) is 0 Å². The van der Waals surface area contributed by atoms with Crippen molar-refractivity contribution in [3.8, 4) is 0 Å². The molecule has 0 saturated heterocycles. The molecule has 2 N–H and O–H groups in total. The van der Waals surface area contributed by atoms with E-state index in [1.54, 1.807) is 0 Å². The first-order valence-electron chi connectivity index (χ1n) is 7.98. The Labute approximate surface area is 151 Å². The van der Waals surface area contributed by atoms with Crippen LogP contribution in [-0.2, 0) is 15.8 Å². The van der Waals surface area contributed by atoms with Gasteiger partial charge in [0.15, 0.2) is 0 Å². The molecule has 2 aromatic carbocycles. The van der Waals surface area contributed by atoms with Gasteiger partial charge in [0, 0.05) is 24.1 Å². The molecule has 8 heteroatoms. The van der Waals surface area contributed by atoms with Gasteiger partial charge in [0.25, 0.3) is 5.91 Å². The van der Waals surface area contributed by atoms with Crippen LogP contribution in [0.2, 0.25) is 0 Å². The number of nitrogens with one attached hydrogen (secondary N) is 2. The topological polar surface area (TPSA) is 58.2 Å². The maximum absolute atomic E-state index is 13.2. The molecule has 1 heterocycles. The Morgan fingerprint density at radius 3 is 2.41 bits per heavy atom. The van der Waals surface area contributed by atoms with Gasteiger partial charge in [-0.1, -0.05) is 24.3 Å². The molecule has 27 heavy (non-hydrogen) atoms. The van der Waals surface area contributed by atoms with Gasteiger partial charge < -0.3 is 10.6 Å². The van der Waals surface area contributed by atoms with Crippen LogP contribution in [0.1, 0.15) is 23.5 Å². The van der Waals surface area contributed by atoms with Crippen LogP contribution < -0.4 is 10.6 Å². The van der Waals surface area contributed by atoms with Gasteiger partial charge in [0.05, 0.1) is 11.3 Å². The van der Waals surface area contributed by atoms with Crippen LogP contribution in [0.4, 0.5) is 23.2 Å². The van der Waals surface area contributed by atoms with Crippen molar-refractivity contribution < 1.29 is 27.2 Å². The van der Waals surface area contributed by atoms with E-state index in [2.05, 4.69) is 10.6 Å². The molecule has 3 rings (SSSR count). The van der Waals surface area contributed by atoms with E-state index in [0.29, 0.717) is 5.56 Å². The van der Waals surface area contributed by atoms with Crippen molar-refractivity contribution in [2.75, 3.05) is 5.32 Å². The number of para-hydroxylation sites is 1. The molecule has 0 bridgehead atoms. The van der Waals surface area contributed by atoms with Crippen LogP contribution in [0.15, 0.2) is 60.3 Å². The second kappa shape index (κ2) is 7.22. The van der Waals surface area contributed by atoms with Gasteiger partial charge in [0.2, 0.25) is 5.91 Å². The van der Waals surface area contributed by atoms with Crippen molar-refractivity contribution in [1.82, 2.24) is 5.32 Å². The summed E-state index contributed by atoms with van der Waals surface area (Å²) in [6.45, 7) is 0. The van der Waals surface area contributed by atoms with Crippen LogP contribution in [0, 0.1) is 5.82 Å². The first-order valence-corrected chi connectivity index (χ1v) is 7.98. The molecule has 0 radical (unpaired) electrons. The minimum atomic E-state index is -4.63. The quantitative estimate of drug-likeness (QED) is 0.794. The largest absolute Gasteiger partial charge is 0.418 e. The maximum Gasteiger partial charge on any atom is 0.418 e. The number of amides is 2. The summed E-state index contributed by atoms with van der Waals surface area (Å²) in [7, 11) is 0. The van der Waals surface area contributed by atoms with Crippen LogP contribution >= 0.6 is 0 Å². The number of anilines is 1. The minimum Gasteiger partial charge on any atom is -0.332 e. The van der Waals surface area contributed by atoms with Gasteiger partial charge in [-0.25, -0.2) is 4.39 Å². The second-order valence-electron chi connectivity index (χ2n) is 5.97. The highest BCUT2D eigenvalue weighted by molar-refractivity contribution is 6.06. The number of benzene rings is 2. The number of alkyl halides is 3. The molecule has 0 saturated carbocycles. The fourth-order valence-electron chi connectivity index (χ4n) is 2.86. The summed E-state index contributed by atoms with van der Waals surface area (Å²) in [6.07, 6.45) is -3.54. The molecule has 0 aromatic heterocycles. The highest BCUT2D eigenvalue weighted by Crippen LogP contribution is 2.36. The zero-order valence-electron chi connectivity index (χ0n) is 13.8. The van der Waals surface area contributed by atoms with Crippen LogP contribution in [0.25, 0.3) is 0 Å². The van der Waals surface area contributed by atoms with Crippen molar-refractivity contribution in [3.63, 3.8) is 0 Å². The lowest BCUT2D eigenvalue weighted by molar-refractivity contribution is -0.137. The van der Waals surface area contributed by atoms with E-state index in [4.69, 9.17) is 0 Å². The van der Waals surface area contributed by atoms with E-state index in [1.807, 2.05) is 0 Å². The average Bonchev–Trinajstić information content (AvgIpc) is 2.61. The Morgan fingerprint density at radius 1 is 1.07 bits per heavy atom. The van der Waals surface area contributed by atoms with Crippen LogP contribution in [-0.4, -0.2) is 11.8 Å². The van der Waals surface area contributed by atoms with Crippen LogP contribution in [0.3, 0.4) is 0 Å². The number of halogens is 4. The van der Waals surface area contributed by atoms with E-state index >= 15 is 0 Å². The van der Waals surface area contributed by atoms with Crippen molar-refractivity contribution in [2.45, 2.75) is 18.5 Å². The highest BCUT2D eigenvalue weighted by Gasteiger charge is 2.35. The predicted molar refractivity (Wildman–Crippen MR) is 90.1 cm³/mol. The molecule has 4 nitrogen and oxygen atoms in total. The summed E-state index contributed by atoms with van der Waals surface area (Å²) in [5, 5.41) is 4.66. The van der Waals surface area contributed by atoms with Gasteiger partial charge in [-0.15, -0.1) is 0 Å².